The van der Waals surface area contributed by atoms with Gasteiger partial charge in [0.05, 0.1) is 18.3 Å². The molecule has 3 rings (SSSR count). The minimum Gasteiger partial charge on any atom is -0.464 e. The molecule has 1 heterocycles. The highest BCUT2D eigenvalue weighted by molar-refractivity contribution is 5.99. The topological polar surface area (TPSA) is 51.2 Å². The third-order valence-electron chi connectivity index (χ3n) is 3.86. The number of nitrogens with one attached hydrogen (secondary N) is 1. The van der Waals surface area contributed by atoms with E-state index in [2.05, 4.69) is 48.4 Å². The third-order valence-corrected chi connectivity index (χ3v) is 3.86. The Kier molecular flexibility index (Phi) is 4.21. The zero-order valence-corrected chi connectivity index (χ0v) is 14.3. The Labute approximate surface area is 141 Å². The maximum absolute atomic E-state index is 11.9. The van der Waals surface area contributed by atoms with Gasteiger partial charge in [-0.2, -0.15) is 0 Å². The van der Waals surface area contributed by atoms with E-state index >= 15 is 0 Å². The van der Waals surface area contributed by atoms with Crippen LogP contribution in [0.5, 0.6) is 0 Å². The van der Waals surface area contributed by atoms with Crippen LogP contribution >= 0.6 is 0 Å². The van der Waals surface area contributed by atoms with Gasteiger partial charge in [-0.05, 0) is 62.2 Å². The molecule has 0 radical (unpaired) electrons. The molecule has 0 saturated carbocycles. The Bertz CT molecular complexity index is 912. The quantitative estimate of drug-likeness (QED) is 0.711. The summed E-state index contributed by atoms with van der Waals surface area (Å²) in [7, 11) is 1.36. The lowest BCUT2D eigenvalue weighted by molar-refractivity contribution is 0.0594. The van der Waals surface area contributed by atoms with Crippen molar-refractivity contribution in [3.8, 4) is 0 Å². The molecule has 0 unspecified atom stereocenters. The number of pyridine rings is 1. The van der Waals surface area contributed by atoms with Crippen molar-refractivity contribution in [2.75, 3.05) is 12.4 Å². The monoisotopic (exact) mass is 320 g/mol. The number of hydrogen-bond donors (Lipinski definition) is 1. The molecule has 0 spiro atoms. The van der Waals surface area contributed by atoms with E-state index in [1.54, 1.807) is 6.07 Å². The summed E-state index contributed by atoms with van der Waals surface area (Å²) in [5.74, 6) is -0.444. The Morgan fingerprint density at radius 2 is 1.67 bits per heavy atom. The van der Waals surface area contributed by atoms with Crippen LogP contribution in [0, 0.1) is 20.8 Å². The number of aromatic nitrogens is 1. The summed E-state index contributed by atoms with van der Waals surface area (Å²) in [6.07, 6.45) is 0. The number of anilines is 2. The van der Waals surface area contributed by atoms with Crippen LogP contribution in [0.25, 0.3) is 10.9 Å². The summed E-state index contributed by atoms with van der Waals surface area (Å²) in [5, 5.41) is 4.40. The van der Waals surface area contributed by atoms with E-state index in [1.807, 2.05) is 19.1 Å². The number of rotatable bonds is 3. The molecule has 24 heavy (non-hydrogen) atoms. The van der Waals surface area contributed by atoms with Gasteiger partial charge in [0.2, 0.25) is 0 Å². The normalized spacial score (nSPS) is 10.7. The highest BCUT2D eigenvalue weighted by Gasteiger charge is 2.13. The lowest BCUT2D eigenvalue weighted by Gasteiger charge is -2.13. The van der Waals surface area contributed by atoms with Gasteiger partial charge in [0.15, 0.2) is 5.69 Å². The molecule has 1 aromatic heterocycles. The minimum absolute atomic E-state index is 0.292. The summed E-state index contributed by atoms with van der Waals surface area (Å²) in [6.45, 7) is 6.16. The van der Waals surface area contributed by atoms with Crippen LogP contribution in [0.2, 0.25) is 0 Å². The number of methoxy groups -OCH3 is 1. The average Bonchev–Trinajstić information content (AvgIpc) is 2.53. The van der Waals surface area contributed by atoms with Crippen LogP contribution in [0.1, 0.15) is 27.2 Å². The van der Waals surface area contributed by atoms with E-state index in [4.69, 9.17) is 4.74 Å². The van der Waals surface area contributed by atoms with Gasteiger partial charge < -0.3 is 10.1 Å². The summed E-state index contributed by atoms with van der Waals surface area (Å²) >= 11 is 0. The van der Waals surface area contributed by atoms with Crippen LogP contribution < -0.4 is 5.32 Å². The smallest absolute Gasteiger partial charge is 0.356 e. The lowest BCUT2D eigenvalue weighted by Crippen LogP contribution is -2.06. The van der Waals surface area contributed by atoms with Gasteiger partial charge in [-0.25, -0.2) is 9.78 Å². The van der Waals surface area contributed by atoms with Gasteiger partial charge in [0.1, 0.15) is 0 Å². The molecule has 4 nitrogen and oxygen atoms in total. The van der Waals surface area contributed by atoms with Crippen molar-refractivity contribution in [2.45, 2.75) is 20.8 Å². The molecule has 0 aliphatic rings. The van der Waals surface area contributed by atoms with Gasteiger partial charge >= 0.3 is 5.97 Å². The van der Waals surface area contributed by atoms with Crippen LogP contribution in [0.3, 0.4) is 0 Å². The number of aryl methyl sites for hydroxylation is 3. The number of carbonyl (C=O) groups excluding carboxylic acids is 1. The average molecular weight is 320 g/mol. The molecular weight excluding hydrogens is 300 g/mol. The zero-order valence-electron chi connectivity index (χ0n) is 14.3. The number of nitrogens with zero attached hydrogens (tertiary/aromatic N) is 1. The zero-order chi connectivity index (χ0) is 17.3. The summed E-state index contributed by atoms with van der Waals surface area (Å²) in [5.41, 5.74) is 6.38. The molecule has 0 aliphatic heterocycles. The number of fused-ring (bicyclic) bond motifs is 1. The molecule has 0 fully saturated rings. The predicted octanol–water partition coefficient (Wildman–Crippen LogP) is 4.69. The number of carbonyl (C=O) groups is 1. The Morgan fingerprint density at radius 1 is 0.958 bits per heavy atom. The van der Waals surface area contributed by atoms with Crippen LogP contribution in [-0.2, 0) is 4.74 Å². The molecule has 0 amide bonds. The van der Waals surface area contributed by atoms with Gasteiger partial charge in [-0.3, -0.25) is 0 Å². The number of esters is 1. The molecule has 3 aromatic rings. The first-order chi connectivity index (χ1) is 11.5. The molecule has 4 heteroatoms. The van der Waals surface area contributed by atoms with Crippen LogP contribution in [0.15, 0.2) is 42.5 Å². The van der Waals surface area contributed by atoms with Crippen molar-refractivity contribution in [1.82, 2.24) is 4.98 Å². The van der Waals surface area contributed by atoms with E-state index in [9.17, 15) is 4.79 Å². The maximum Gasteiger partial charge on any atom is 0.356 e. The second-order valence-electron chi connectivity index (χ2n) is 6.07. The minimum atomic E-state index is -0.444. The summed E-state index contributed by atoms with van der Waals surface area (Å²) in [4.78, 5) is 16.3. The van der Waals surface area contributed by atoms with Gasteiger partial charge in [-0.15, -0.1) is 0 Å². The highest BCUT2D eigenvalue weighted by Crippen LogP contribution is 2.28. The Morgan fingerprint density at radius 3 is 2.33 bits per heavy atom. The molecule has 0 atom stereocenters. The van der Waals surface area contributed by atoms with Crippen LogP contribution in [0.4, 0.5) is 11.4 Å². The highest BCUT2D eigenvalue weighted by atomic mass is 16.5. The third kappa shape index (κ3) is 3.23. The molecule has 0 bridgehead atoms. The fourth-order valence-corrected chi connectivity index (χ4v) is 2.85. The molecule has 0 aliphatic carbocycles. The number of hydrogen-bond acceptors (Lipinski definition) is 4. The van der Waals surface area contributed by atoms with Crippen molar-refractivity contribution in [3.05, 3.63) is 64.8 Å². The van der Waals surface area contributed by atoms with Gasteiger partial charge in [-0.1, -0.05) is 17.7 Å². The molecular formula is C20H20N2O2. The first-order valence-corrected chi connectivity index (χ1v) is 7.81. The van der Waals surface area contributed by atoms with Gasteiger partial charge in [0, 0.05) is 11.1 Å². The van der Waals surface area contributed by atoms with Crippen molar-refractivity contribution in [2.24, 2.45) is 0 Å². The van der Waals surface area contributed by atoms with E-state index < -0.39 is 5.97 Å². The molecule has 122 valence electrons. The second kappa shape index (κ2) is 6.32. The first-order valence-electron chi connectivity index (χ1n) is 7.81. The fraction of sp³-hybridized carbons (Fsp3) is 0.200. The van der Waals surface area contributed by atoms with Crippen molar-refractivity contribution < 1.29 is 9.53 Å². The van der Waals surface area contributed by atoms with Crippen molar-refractivity contribution in [1.29, 1.82) is 0 Å². The predicted molar refractivity (Wildman–Crippen MR) is 97.0 cm³/mol. The maximum atomic E-state index is 11.9. The SMILES string of the molecule is COC(=O)c1cc(Nc2cc(C)cc(C)c2)c2cc(C)ccc2n1. The van der Waals surface area contributed by atoms with E-state index in [1.165, 1.54) is 18.2 Å². The van der Waals surface area contributed by atoms with Gasteiger partial charge in [0.25, 0.3) is 0 Å². The lowest BCUT2D eigenvalue weighted by atomic mass is 10.1. The standard InChI is InChI=1S/C20H20N2O2/c1-12-5-6-17-16(10-12)18(11-19(22-17)20(23)24-4)21-15-8-13(2)7-14(3)9-15/h5-11H,1-4H3,(H,21,22). The van der Waals surface area contributed by atoms with E-state index in [-0.39, 0.29) is 0 Å². The summed E-state index contributed by atoms with van der Waals surface area (Å²) < 4.78 is 4.82. The molecule has 0 saturated heterocycles. The molecule has 1 N–H and O–H groups in total. The fourth-order valence-electron chi connectivity index (χ4n) is 2.85. The van der Waals surface area contributed by atoms with Crippen LogP contribution in [-0.4, -0.2) is 18.1 Å². The summed E-state index contributed by atoms with van der Waals surface area (Å²) in [6, 6.07) is 14.0. The Balaban J connectivity index is 2.16. The number of ether oxygens (including phenoxy) is 1. The van der Waals surface area contributed by atoms with Crippen molar-refractivity contribution in [3.63, 3.8) is 0 Å². The Hall–Kier alpha value is -2.88. The first kappa shape index (κ1) is 16.0. The largest absolute Gasteiger partial charge is 0.464 e. The molecule has 2 aromatic carbocycles. The van der Waals surface area contributed by atoms with E-state index in [0.29, 0.717) is 5.69 Å². The van der Waals surface area contributed by atoms with E-state index in [0.717, 1.165) is 27.8 Å². The number of benzene rings is 2. The second-order valence-corrected chi connectivity index (χ2v) is 6.07. The van der Waals surface area contributed by atoms with Crippen molar-refractivity contribution >= 4 is 28.2 Å².